The molecule has 140 valence electrons. The zero-order valence-corrected chi connectivity index (χ0v) is 15.9. The molecule has 0 spiro atoms. The van der Waals surface area contributed by atoms with Crippen molar-refractivity contribution in [3.05, 3.63) is 41.4 Å². The number of halogens is 1. The molecule has 0 aliphatic rings. The van der Waals surface area contributed by atoms with E-state index in [2.05, 4.69) is 15.4 Å². The number of benzene rings is 2. The van der Waals surface area contributed by atoms with Gasteiger partial charge < -0.3 is 20.1 Å². The van der Waals surface area contributed by atoms with Gasteiger partial charge in [-0.2, -0.15) is 0 Å². The molecule has 0 saturated heterocycles. The van der Waals surface area contributed by atoms with E-state index < -0.39 is 16.1 Å². The molecular weight excluding hydrogens is 382 g/mol. The van der Waals surface area contributed by atoms with Crippen molar-refractivity contribution in [3.63, 3.8) is 0 Å². The second-order valence-electron chi connectivity index (χ2n) is 5.22. The quantitative estimate of drug-likeness (QED) is 0.690. The highest BCUT2D eigenvalue weighted by Gasteiger charge is 2.13. The highest BCUT2D eigenvalue weighted by atomic mass is 35.5. The molecule has 2 aromatic rings. The van der Waals surface area contributed by atoms with E-state index in [1.807, 2.05) is 0 Å². The van der Waals surface area contributed by atoms with E-state index in [4.69, 9.17) is 21.1 Å². The molecule has 2 rings (SSSR count). The predicted molar refractivity (Wildman–Crippen MR) is 102 cm³/mol. The second-order valence-corrected chi connectivity index (χ2v) is 7.37. The lowest BCUT2D eigenvalue weighted by Gasteiger charge is -2.14. The lowest BCUT2D eigenvalue weighted by Crippen LogP contribution is -2.20. The van der Waals surface area contributed by atoms with Crippen LogP contribution in [0.5, 0.6) is 11.5 Å². The van der Waals surface area contributed by atoms with Crippen LogP contribution in [0.2, 0.25) is 5.02 Å². The van der Waals surface area contributed by atoms with E-state index in [1.54, 1.807) is 18.2 Å². The summed E-state index contributed by atoms with van der Waals surface area (Å²) in [5.74, 6) is 0.762. The van der Waals surface area contributed by atoms with Gasteiger partial charge in [0.2, 0.25) is 10.0 Å². The molecule has 0 atom stereocenters. The third kappa shape index (κ3) is 5.43. The minimum Gasteiger partial charge on any atom is -0.495 e. The molecule has 26 heavy (non-hydrogen) atoms. The van der Waals surface area contributed by atoms with Crippen molar-refractivity contribution in [2.75, 3.05) is 35.8 Å². The van der Waals surface area contributed by atoms with E-state index in [1.165, 1.54) is 32.4 Å². The fourth-order valence-corrected chi connectivity index (χ4v) is 2.87. The van der Waals surface area contributed by atoms with Crippen LogP contribution >= 0.6 is 11.6 Å². The monoisotopic (exact) mass is 399 g/mol. The Morgan fingerprint density at radius 1 is 0.962 bits per heavy atom. The number of anilines is 3. The number of carbonyl (C=O) groups excluding carboxylic acids is 1. The summed E-state index contributed by atoms with van der Waals surface area (Å²) in [4.78, 5) is 12.2. The smallest absolute Gasteiger partial charge is 0.323 e. The molecule has 0 bridgehead atoms. The number of ether oxygens (including phenoxy) is 2. The van der Waals surface area contributed by atoms with Crippen LogP contribution in [-0.4, -0.2) is 34.9 Å². The topological polar surface area (TPSA) is 106 Å². The fraction of sp³-hybridized carbons (Fsp3) is 0.188. The van der Waals surface area contributed by atoms with Crippen LogP contribution in [0.15, 0.2) is 36.4 Å². The van der Waals surface area contributed by atoms with E-state index >= 15 is 0 Å². The lowest BCUT2D eigenvalue weighted by molar-refractivity contribution is 0.262. The summed E-state index contributed by atoms with van der Waals surface area (Å²) < 4.78 is 35.0. The minimum absolute atomic E-state index is 0.351. The van der Waals surface area contributed by atoms with Crippen LogP contribution in [0.4, 0.5) is 21.9 Å². The Hall–Kier alpha value is -2.65. The Labute approximate surface area is 156 Å². The number of amides is 2. The van der Waals surface area contributed by atoms with Crippen molar-refractivity contribution in [1.29, 1.82) is 0 Å². The predicted octanol–water partition coefficient (Wildman–Crippen LogP) is 3.37. The van der Waals surface area contributed by atoms with Gasteiger partial charge in [0.05, 0.1) is 31.2 Å². The third-order valence-electron chi connectivity index (χ3n) is 3.17. The average Bonchev–Trinajstić information content (AvgIpc) is 2.56. The van der Waals surface area contributed by atoms with Gasteiger partial charge in [0.25, 0.3) is 0 Å². The number of rotatable bonds is 6. The molecule has 0 heterocycles. The maximum atomic E-state index is 12.2. The Kier molecular flexibility index (Phi) is 6.17. The zero-order valence-electron chi connectivity index (χ0n) is 14.3. The average molecular weight is 400 g/mol. The van der Waals surface area contributed by atoms with Gasteiger partial charge in [0.1, 0.15) is 11.5 Å². The van der Waals surface area contributed by atoms with Crippen LogP contribution in [0.3, 0.4) is 0 Å². The second kappa shape index (κ2) is 8.15. The van der Waals surface area contributed by atoms with Crippen molar-refractivity contribution < 1.29 is 22.7 Å². The molecule has 0 aromatic heterocycles. The summed E-state index contributed by atoms with van der Waals surface area (Å²) in [6, 6.07) is 8.74. The Balaban J connectivity index is 2.09. The molecule has 0 saturated carbocycles. The number of nitrogens with one attached hydrogen (secondary N) is 3. The molecule has 8 nitrogen and oxygen atoms in total. The van der Waals surface area contributed by atoms with Gasteiger partial charge in [0, 0.05) is 23.5 Å². The number of hydrogen-bond donors (Lipinski definition) is 3. The number of carbonyl (C=O) groups is 1. The molecule has 3 N–H and O–H groups in total. The summed E-state index contributed by atoms with van der Waals surface area (Å²) in [5, 5.41) is 5.62. The molecule has 0 aliphatic carbocycles. The first-order chi connectivity index (χ1) is 12.2. The first kappa shape index (κ1) is 19.7. The number of sulfonamides is 1. The minimum atomic E-state index is -3.36. The Morgan fingerprint density at radius 3 is 2.08 bits per heavy atom. The Bertz CT molecular complexity index is 901. The SMILES string of the molecule is COc1cc(NC(=O)Nc2ccc(NS(C)(=O)=O)cc2)c(OC)cc1Cl. The first-order valence-corrected chi connectivity index (χ1v) is 9.56. The van der Waals surface area contributed by atoms with Crippen molar-refractivity contribution >= 4 is 44.7 Å². The van der Waals surface area contributed by atoms with Gasteiger partial charge in [-0.25, -0.2) is 13.2 Å². The molecule has 0 radical (unpaired) electrons. The van der Waals surface area contributed by atoms with E-state index in [0.717, 1.165) is 6.26 Å². The molecule has 0 unspecified atom stereocenters. The van der Waals surface area contributed by atoms with Crippen LogP contribution in [0.1, 0.15) is 0 Å². The normalized spacial score (nSPS) is 10.8. The molecular formula is C16H18ClN3O5S. The summed E-state index contributed by atoms with van der Waals surface area (Å²) in [6.07, 6.45) is 1.06. The number of hydrogen-bond acceptors (Lipinski definition) is 5. The van der Waals surface area contributed by atoms with Crippen molar-refractivity contribution in [3.8, 4) is 11.5 Å². The van der Waals surface area contributed by atoms with Gasteiger partial charge >= 0.3 is 6.03 Å². The molecule has 0 aliphatic heterocycles. The lowest BCUT2D eigenvalue weighted by atomic mass is 10.2. The highest BCUT2D eigenvalue weighted by molar-refractivity contribution is 7.92. The molecule has 2 amide bonds. The standard InChI is InChI=1S/C16H18ClN3O5S/c1-24-14-9-13(15(25-2)8-12(14)17)19-16(21)18-10-4-6-11(7-5-10)20-26(3,22)23/h4-9,20H,1-3H3,(H2,18,19,21). The van der Waals surface area contributed by atoms with Gasteiger partial charge in [-0.3, -0.25) is 4.72 Å². The van der Waals surface area contributed by atoms with Gasteiger partial charge in [-0.05, 0) is 24.3 Å². The van der Waals surface area contributed by atoms with Gasteiger partial charge in [0.15, 0.2) is 0 Å². The van der Waals surface area contributed by atoms with Crippen molar-refractivity contribution in [1.82, 2.24) is 0 Å². The summed E-state index contributed by atoms with van der Waals surface area (Å²) >= 11 is 6.03. The number of urea groups is 1. The van der Waals surface area contributed by atoms with E-state index in [-0.39, 0.29) is 0 Å². The summed E-state index contributed by atoms with van der Waals surface area (Å²) in [7, 11) is -0.443. The van der Waals surface area contributed by atoms with Crippen molar-refractivity contribution in [2.24, 2.45) is 0 Å². The third-order valence-corrected chi connectivity index (χ3v) is 4.07. The summed E-state index contributed by atoms with van der Waals surface area (Å²) in [6.45, 7) is 0. The van der Waals surface area contributed by atoms with Crippen LogP contribution in [-0.2, 0) is 10.0 Å². The maximum absolute atomic E-state index is 12.2. The summed E-state index contributed by atoms with van der Waals surface area (Å²) in [5.41, 5.74) is 1.24. The molecule has 2 aromatic carbocycles. The molecule has 10 heteroatoms. The highest BCUT2D eigenvalue weighted by Crippen LogP contribution is 2.35. The van der Waals surface area contributed by atoms with Crippen LogP contribution in [0.25, 0.3) is 0 Å². The molecule has 0 fully saturated rings. The van der Waals surface area contributed by atoms with Crippen LogP contribution < -0.4 is 24.8 Å². The largest absolute Gasteiger partial charge is 0.495 e. The maximum Gasteiger partial charge on any atom is 0.323 e. The van der Waals surface area contributed by atoms with Crippen LogP contribution in [0, 0.1) is 0 Å². The Morgan fingerprint density at radius 2 is 1.54 bits per heavy atom. The van der Waals surface area contributed by atoms with E-state index in [0.29, 0.717) is 33.6 Å². The fourth-order valence-electron chi connectivity index (χ4n) is 2.08. The van der Waals surface area contributed by atoms with Crippen molar-refractivity contribution in [2.45, 2.75) is 0 Å². The van der Waals surface area contributed by atoms with Gasteiger partial charge in [-0.1, -0.05) is 11.6 Å². The number of methoxy groups -OCH3 is 2. The zero-order chi connectivity index (χ0) is 19.3. The van der Waals surface area contributed by atoms with E-state index in [9.17, 15) is 13.2 Å². The van der Waals surface area contributed by atoms with Gasteiger partial charge in [-0.15, -0.1) is 0 Å². The first-order valence-electron chi connectivity index (χ1n) is 7.29.